The summed E-state index contributed by atoms with van der Waals surface area (Å²) in [5.74, 6) is 0.279. The van der Waals surface area contributed by atoms with Crippen molar-refractivity contribution in [1.82, 2.24) is 20.4 Å². The lowest BCUT2D eigenvalue weighted by atomic mass is 10.2. The number of benzene rings is 2. The van der Waals surface area contributed by atoms with Gasteiger partial charge in [0, 0.05) is 24.2 Å². The van der Waals surface area contributed by atoms with Gasteiger partial charge in [-0.3, -0.25) is 0 Å². The predicted octanol–water partition coefficient (Wildman–Crippen LogP) is 3.78. The lowest BCUT2D eigenvalue weighted by Crippen LogP contribution is -2.39. The molecule has 3 aromatic rings. The van der Waals surface area contributed by atoms with E-state index in [1.807, 2.05) is 48.5 Å². The van der Waals surface area contributed by atoms with Crippen LogP contribution in [-0.4, -0.2) is 47.4 Å². The molecule has 156 valence electrons. The minimum absolute atomic E-state index is 0.0124. The molecule has 0 saturated heterocycles. The van der Waals surface area contributed by atoms with Gasteiger partial charge in [0.15, 0.2) is 0 Å². The van der Waals surface area contributed by atoms with Gasteiger partial charge in [-0.05, 0) is 23.8 Å². The third kappa shape index (κ3) is 5.95. The van der Waals surface area contributed by atoms with Gasteiger partial charge in [0.25, 0.3) is 0 Å². The highest BCUT2D eigenvalue weighted by Crippen LogP contribution is 2.19. The number of likely N-dealkylation sites (N-methyl/N-ethyl adjacent to an activating group) is 1. The Bertz CT molecular complexity index is 996. The maximum absolute atomic E-state index is 12.1. The first kappa shape index (κ1) is 21.1. The summed E-state index contributed by atoms with van der Waals surface area (Å²) in [5.41, 5.74) is 1.54. The second kappa shape index (κ2) is 10.3. The van der Waals surface area contributed by atoms with Crippen LogP contribution in [-0.2, 0) is 11.3 Å². The van der Waals surface area contributed by atoms with Crippen molar-refractivity contribution in [3.63, 3.8) is 0 Å². The molecular weight excluding hydrogens is 410 g/mol. The molecule has 2 N–H and O–H groups in total. The molecule has 1 aromatic heterocycles. The molecule has 3 amide bonds. The average Bonchev–Trinajstić information content (AvgIpc) is 3.22. The number of hydrogen-bond donors (Lipinski definition) is 2. The molecule has 2 aromatic carbocycles. The van der Waals surface area contributed by atoms with Gasteiger partial charge in [-0.1, -0.05) is 53.1 Å². The Morgan fingerprint density at radius 3 is 2.60 bits per heavy atom. The quantitative estimate of drug-likeness (QED) is 0.591. The van der Waals surface area contributed by atoms with Crippen LogP contribution in [0.25, 0.3) is 11.5 Å². The molecule has 0 fully saturated rings. The summed E-state index contributed by atoms with van der Waals surface area (Å²) < 4.78 is 10.4. The van der Waals surface area contributed by atoms with Gasteiger partial charge >= 0.3 is 18.1 Å². The van der Waals surface area contributed by atoms with E-state index >= 15 is 0 Å². The van der Waals surface area contributed by atoms with E-state index in [-0.39, 0.29) is 31.1 Å². The fourth-order valence-corrected chi connectivity index (χ4v) is 2.62. The Morgan fingerprint density at radius 2 is 1.83 bits per heavy atom. The van der Waals surface area contributed by atoms with Crippen molar-refractivity contribution >= 4 is 29.7 Å². The molecule has 3 rings (SSSR count). The number of amides is 3. The first-order chi connectivity index (χ1) is 14.5. The Kier molecular flexibility index (Phi) is 7.23. The standard InChI is InChI=1S/C20H20ClN5O4/c1-26(19(27)22-13-15-9-5-6-10-16(15)21)11-12-29-20(28)23-18-25-24-17(30-18)14-7-3-2-4-8-14/h2-10H,11-13H2,1H3,(H,22,27)(H,23,25,28). The second-order valence-electron chi connectivity index (χ2n) is 6.21. The third-order valence-corrected chi connectivity index (χ3v) is 4.42. The molecule has 1 heterocycles. The smallest absolute Gasteiger partial charge is 0.415 e. The molecule has 0 radical (unpaired) electrons. The summed E-state index contributed by atoms with van der Waals surface area (Å²) >= 11 is 6.06. The highest BCUT2D eigenvalue weighted by atomic mass is 35.5. The van der Waals surface area contributed by atoms with Crippen molar-refractivity contribution in [2.45, 2.75) is 6.54 Å². The van der Waals surface area contributed by atoms with Crippen LogP contribution < -0.4 is 10.6 Å². The summed E-state index contributed by atoms with van der Waals surface area (Å²) in [7, 11) is 1.59. The van der Waals surface area contributed by atoms with E-state index in [0.717, 1.165) is 11.1 Å². The van der Waals surface area contributed by atoms with Crippen LogP contribution >= 0.6 is 11.6 Å². The van der Waals surface area contributed by atoms with Crippen molar-refractivity contribution in [3.8, 4) is 11.5 Å². The fourth-order valence-electron chi connectivity index (χ4n) is 2.42. The lowest BCUT2D eigenvalue weighted by Gasteiger charge is -2.18. The van der Waals surface area contributed by atoms with Crippen LogP contribution in [0.5, 0.6) is 0 Å². The number of carbonyl (C=O) groups excluding carboxylic acids is 2. The average molecular weight is 430 g/mol. The zero-order valence-electron chi connectivity index (χ0n) is 16.2. The number of urea groups is 1. The first-order valence-electron chi connectivity index (χ1n) is 9.08. The number of rotatable bonds is 7. The van der Waals surface area contributed by atoms with Gasteiger partial charge in [-0.15, -0.1) is 5.10 Å². The summed E-state index contributed by atoms with van der Waals surface area (Å²) in [6, 6.07) is 16.0. The molecule has 30 heavy (non-hydrogen) atoms. The number of ether oxygens (including phenoxy) is 1. The van der Waals surface area contributed by atoms with Gasteiger partial charge < -0.3 is 19.4 Å². The Morgan fingerprint density at radius 1 is 1.10 bits per heavy atom. The van der Waals surface area contributed by atoms with Crippen LogP contribution in [0, 0.1) is 0 Å². The summed E-state index contributed by atoms with van der Waals surface area (Å²) in [4.78, 5) is 25.4. The third-order valence-electron chi connectivity index (χ3n) is 4.05. The van der Waals surface area contributed by atoms with Crippen LogP contribution in [0.4, 0.5) is 15.6 Å². The summed E-state index contributed by atoms with van der Waals surface area (Å²) in [5, 5.41) is 13.3. The Balaban J connectivity index is 1.38. The van der Waals surface area contributed by atoms with Gasteiger partial charge in [-0.25, -0.2) is 14.9 Å². The van der Waals surface area contributed by atoms with Crippen molar-refractivity contribution in [3.05, 3.63) is 65.2 Å². The largest absolute Gasteiger partial charge is 0.447 e. The van der Waals surface area contributed by atoms with E-state index in [9.17, 15) is 9.59 Å². The molecule has 0 aliphatic rings. The van der Waals surface area contributed by atoms with Crippen molar-refractivity contribution in [2.24, 2.45) is 0 Å². The maximum atomic E-state index is 12.1. The van der Waals surface area contributed by atoms with Crippen LogP contribution in [0.15, 0.2) is 59.0 Å². The van der Waals surface area contributed by atoms with Gasteiger partial charge in [0.2, 0.25) is 5.89 Å². The summed E-state index contributed by atoms with van der Waals surface area (Å²) in [6.07, 6.45) is -0.761. The van der Waals surface area contributed by atoms with E-state index in [1.165, 1.54) is 4.90 Å². The number of anilines is 1. The highest BCUT2D eigenvalue weighted by Gasteiger charge is 2.13. The number of carbonyl (C=O) groups is 2. The number of nitrogens with one attached hydrogen (secondary N) is 2. The summed E-state index contributed by atoms with van der Waals surface area (Å²) in [6.45, 7) is 0.480. The molecular formula is C20H20ClN5O4. The van der Waals surface area contributed by atoms with Crippen LogP contribution in [0.2, 0.25) is 5.02 Å². The van der Waals surface area contributed by atoms with Crippen molar-refractivity contribution in [2.75, 3.05) is 25.5 Å². The molecule has 0 aliphatic heterocycles. The normalized spacial score (nSPS) is 10.3. The number of aromatic nitrogens is 2. The van der Waals surface area contributed by atoms with E-state index in [0.29, 0.717) is 11.6 Å². The fraction of sp³-hybridized carbons (Fsp3) is 0.200. The second-order valence-corrected chi connectivity index (χ2v) is 6.62. The number of hydrogen-bond acceptors (Lipinski definition) is 6. The van der Waals surface area contributed by atoms with Crippen LogP contribution in [0.1, 0.15) is 5.56 Å². The first-order valence-corrected chi connectivity index (χ1v) is 9.46. The highest BCUT2D eigenvalue weighted by molar-refractivity contribution is 6.31. The van der Waals surface area contributed by atoms with E-state index in [1.54, 1.807) is 13.1 Å². The maximum Gasteiger partial charge on any atom is 0.415 e. The monoisotopic (exact) mass is 429 g/mol. The van der Waals surface area contributed by atoms with Crippen molar-refractivity contribution in [1.29, 1.82) is 0 Å². The van der Waals surface area contributed by atoms with Crippen LogP contribution in [0.3, 0.4) is 0 Å². The van der Waals surface area contributed by atoms with E-state index < -0.39 is 6.09 Å². The van der Waals surface area contributed by atoms with E-state index in [4.69, 9.17) is 20.8 Å². The van der Waals surface area contributed by atoms with Gasteiger partial charge in [-0.2, -0.15) is 0 Å². The predicted molar refractivity (Wildman–Crippen MR) is 111 cm³/mol. The number of nitrogens with zero attached hydrogens (tertiary/aromatic N) is 3. The topological polar surface area (TPSA) is 110 Å². The van der Waals surface area contributed by atoms with Crippen molar-refractivity contribution < 1.29 is 18.7 Å². The molecule has 0 saturated carbocycles. The molecule has 10 heteroatoms. The number of halogens is 1. The van der Waals surface area contributed by atoms with E-state index in [2.05, 4.69) is 20.8 Å². The molecule has 0 atom stereocenters. The molecule has 0 spiro atoms. The Hall–Kier alpha value is -3.59. The van der Waals surface area contributed by atoms with Gasteiger partial charge in [0.05, 0.1) is 6.54 Å². The zero-order chi connectivity index (χ0) is 21.3. The minimum atomic E-state index is -0.761. The zero-order valence-corrected chi connectivity index (χ0v) is 16.9. The minimum Gasteiger partial charge on any atom is -0.447 e. The molecule has 9 nitrogen and oxygen atoms in total. The van der Waals surface area contributed by atoms with Gasteiger partial charge in [0.1, 0.15) is 6.61 Å². The SMILES string of the molecule is CN(CCOC(=O)Nc1nnc(-c2ccccc2)o1)C(=O)NCc1ccccc1Cl. The Labute approximate surface area is 178 Å². The molecule has 0 unspecified atom stereocenters. The lowest BCUT2D eigenvalue weighted by molar-refractivity contribution is 0.146. The molecule has 0 aliphatic carbocycles. The molecule has 0 bridgehead atoms.